The van der Waals surface area contributed by atoms with Crippen LogP contribution in [0.1, 0.15) is 22.9 Å². The van der Waals surface area contributed by atoms with Crippen molar-refractivity contribution in [3.63, 3.8) is 0 Å². The summed E-state index contributed by atoms with van der Waals surface area (Å²) >= 11 is 0. The minimum atomic E-state index is -0.626. The fourth-order valence-corrected chi connectivity index (χ4v) is 2.39. The maximum atomic E-state index is 13.3. The van der Waals surface area contributed by atoms with Crippen LogP contribution in [-0.2, 0) is 0 Å². The number of rotatable bonds is 2. The molecule has 106 valence electrons. The van der Waals surface area contributed by atoms with Crippen LogP contribution in [0, 0.1) is 18.6 Å². The van der Waals surface area contributed by atoms with Crippen LogP contribution in [0.2, 0.25) is 0 Å². The smallest absolute Gasteiger partial charge is 0.126 e. The summed E-state index contributed by atoms with van der Waals surface area (Å²) < 4.78 is 26.6. The standard InChI is InChI=1S/C17H14F2N2/c1-10-2-3-11-6-12(4-5-16(11)21-10)17(20)13-7-14(18)9-15(19)8-13/h2-9,17H,20H2,1H3. The Balaban J connectivity index is 2.04. The highest BCUT2D eigenvalue weighted by atomic mass is 19.1. The van der Waals surface area contributed by atoms with E-state index in [1.54, 1.807) is 0 Å². The van der Waals surface area contributed by atoms with Gasteiger partial charge in [0.25, 0.3) is 0 Å². The highest BCUT2D eigenvalue weighted by Gasteiger charge is 2.12. The van der Waals surface area contributed by atoms with E-state index in [1.807, 2.05) is 37.3 Å². The Morgan fingerprint density at radius 3 is 2.33 bits per heavy atom. The van der Waals surface area contributed by atoms with E-state index in [9.17, 15) is 8.78 Å². The fraction of sp³-hybridized carbons (Fsp3) is 0.118. The number of hydrogen-bond donors (Lipinski definition) is 1. The summed E-state index contributed by atoms with van der Waals surface area (Å²) in [6.45, 7) is 1.93. The summed E-state index contributed by atoms with van der Waals surface area (Å²) in [4.78, 5) is 4.42. The lowest BCUT2D eigenvalue weighted by atomic mass is 9.98. The van der Waals surface area contributed by atoms with Crippen molar-refractivity contribution in [2.45, 2.75) is 13.0 Å². The van der Waals surface area contributed by atoms with E-state index in [-0.39, 0.29) is 0 Å². The first-order valence-corrected chi connectivity index (χ1v) is 6.62. The molecule has 0 bridgehead atoms. The zero-order chi connectivity index (χ0) is 15.0. The zero-order valence-corrected chi connectivity index (χ0v) is 11.5. The first-order valence-electron chi connectivity index (χ1n) is 6.62. The Morgan fingerprint density at radius 1 is 0.905 bits per heavy atom. The third-order valence-corrected chi connectivity index (χ3v) is 3.46. The van der Waals surface area contributed by atoms with Crippen molar-refractivity contribution in [1.29, 1.82) is 0 Å². The number of pyridine rings is 1. The third kappa shape index (κ3) is 2.76. The van der Waals surface area contributed by atoms with Crippen molar-refractivity contribution in [3.05, 3.63) is 77.0 Å². The SMILES string of the molecule is Cc1ccc2cc(C(N)c3cc(F)cc(F)c3)ccc2n1. The number of halogens is 2. The van der Waals surface area contributed by atoms with E-state index in [0.717, 1.165) is 28.2 Å². The molecule has 1 unspecified atom stereocenters. The molecule has 2 aromatic carbocycles. The largest absolute Gasteiger partial charge is 0.320 e. The topological polar surface area (TPSA) is 38.9 Å². The van der Waals surface area contributed by atoms with Crippen molar-refractivity contribution in [3.8, 4) is 0 Å². The maximum absolute atomic E-state index is 13.3. The molecule has 0 fully saturated rings. The average Bonchev–Trinajstić information content (AvgIpc) is 2.45. The molecule has 2 nitrogen and oxygen atoms in total. The van der Waals surface area contributed by atoms with Crippen LogP contribution in [0.4, 0.5) is 8.78 Å². The van der Waals surface area contributed by atoms with E-state index >= 15 is 0 Å². The lowest BCUT2D eigenvalue weighted by Crippen LogP contribution is -2.12. The van der Waals surface area contributed by atoms with Gasteiger partial charge in [-0.1, -0.05) is 12.1 Å². The predicted molar refractivity (Wildman–Crippen MR) is 78.9 cm³/mol. The first kappa shape index (κ1) is 13.6. The molecule has 3 rings (SSSR count). The van der Waals surface area contributed by atoms with Crippen LogP contribution < -0.4 is 5.73 Å². The van der Waals surface area contributed by atoms with Gasteiger partial charge in [0.15, 0.2) is 0 Å². The summed E-state index contributed by atoms with van der Waals surface area (Å²) in [6, 6.07) is 12.2. The van der Waals surface area contributed by atoms with Gasteiger partial charge in [0.05, 0.1) is 11.6 Å². The Hall–Kier alpha value is -2.33. The van der Waals surface area contributed by atoms with Gasteiger partial charge in [0.1, 0.15) is 11.6 Å². The molecule has 0 saturated carbocycles. The summed E-state index contributed by atoms with van der Waals surface area (Å²) in [5.41, 5.74) is 9.13. The number of aryl methyl sites for hydroxylation is 1. The molecular formula is C17H14F2N2. The number of fused-ring (bicyclic) bond motifs is 1. The highest BCUT2D eigenvalue weighted by Crippen LogP contribution is 2.24. The second-order valence-electron chi connectivity index (χ2n) is 5.09. The molecule has 2 N–H and O–H groups in total. The third-order valence-electron chi connectivity index (χ3n) is 3.46. The van der Waals surface area contributed by atoms with Gasteiger partial charge in [-0.2, -0.15) is 0 Å². The molecule has 0 aliphatic carbocycles. The molecule has 0 saturated heterocycles. The summed E-state index contributed by atoms with van der Waals surface area (Å²) in [5, 5.41) is 0.949. The second-order valence-corrected chi connectivity index (χ2v) is 5.09. The molecule has 3 aromatic rings. The molecule has 1 aromatic heterocycles. The van der Waals surface area contributed by atoms with Crippen LogP contribution in [0.3, 0.4) is 0 Å². The Bertz CT molecular complexity index is 795. The molecular weight excluding hydrogens is 270 g/mol. The summed E-state index contributed by atoms with van der Waals surface area (Å²) in [7, 11) is 0. The maximum Gasteiger partial charge on any atom is 0.126 e. The zero-order valence-electron chi connectivity index (χ0n) is 11.5. The molecule has 21 heavy (non-hydrogen) atoms. The lowest BCUT2D eigenvalue weighted by Gasteiger charge is -2.14. The fourth-order valence-electron chi connectivity index (χ4n) is 2.39. The van der Waals surface area contributed by atoms with Gasteiger partial charge in [-0.25, -0.2) is 8.78 Å². The van der Waals surface area contributed by atoms with Gasteiger partial charge in [-0.05, 0) is 48.4 Å². The van der Waals surface area contributed by atoms with Gasteiger partial charge in [-0.3, -0.25) is 4.98 Å². The van der Waals surface area contributed by atoms with Crippen LogP contribution in [0.15, 0.2) is 48.5 Å². The van der Waals surface area contributed by atoms with Gasteiger partial charge in [0.2, 0.25) is 0 Å². The van der Waals surface area contributed by atoms with E-state index in [2.05, 4.69) is 4.98 Å². The van der Waals surface area contributed by atoms with Gasteiger partial charge < -0.3 is 5.73 Å². The van der Waals surface area contributed by atoms with Gasteiger partial charge in [-0.15, -0.1) is 0 Å². The molecule has 0 radical (unpaired) electrons. The first-order chi connectivity index (χ1) is 10.0. The minimum Gasteiger partial charge on any atom is -0.320 e. The van der Waals surface area contributed by atoms with Gasteiger partial charge in [0, 0.05) is 17.1 Å². The van der Waals surface area contributed by atoms with Crippen LogP contribution in [0.5, 0.6) is 0 Å². The van der Waals surface area contributed by atoms with Crippen molar-refractivity contribution < 1.29 is 8.78 Å². The lowest BCUT2D eigenvalue weighted by molar-refractivity contribution is 0.577. The molecule has 0 aliphatic heterocycles. The van der Waals surface area contributed by atoms with Crippen LogP contribution in [0.25, 0.3) is 10.9 Å². The number of benzene rings is 2. The van der Waals surface area contributed by atoms with Crippen molar-refractivity contribution in [2.75, 3.05) is 0 Å². The molecule has 4 heteroatoms. The average molecular weight is 284 g/mol. The number of aromatic nitrogens is 1. The molecule has 1 heterocycles. The normalized spacial score (nSPS) is 12.6. The Labute approximate surface area is 121 Å². The Morgan fingerprint density at radius 2 is 1.62 bits per heavy atom. The minimum absolute atomic E-state index is 0.409. The molecule has 1 atom stereocenters. The van der Waals surface area contributed by atoms with Crippen LogP contribution >= 0.6 is 0 Å². The van der Waals surface area contributed by atoms with Crippen molar-refractivity contribution in [1.82, 2.24) is 4.98 Å². The molecule has 0 spiro atoms. The quantitative estimate of drug-likeness (QED) is 0.776. The van der Waals surface area contributed by atoms with Crippen molar-refractivity contribution in [2.24, 2.45) is 5.73 Å². The van der Waals surface area contributed by atoms with Gasteiger partial charge >= 0.3 is 0 Å². The number of nitrogens with zero attached hydrogens (tertiary/aromatic N) is 1. The van der Waals surface area contributed by atoms with E-state index in [4.69, 9.17) is 5.73 Å². The summed E-state index contributed by atoms with van der Waals surface area (Å²) in [6.07, 6.45) is 0. The number of nitrogens with two attached hydrogens (primary N) is 1. The van der Waals surface area contributed by atoms with Crippen molar-refractivity contribution >= 4 is 10.9 Å². The Kier molecular flexibility index (Phi) is 3.39. The highest BCUT2D eigenvalue weighted by molar-refractivity contribution is 5.79. The van der Waals surface area contributed by atoms with E-state index in [0.29, 0.717) is 5.56 Å². The molecule has 0 amide bonds. The van der Waals surface area contributed by atoms with Crippen LogP contribution in [-0.4, -0.2) is 4.98 Å². The number of hydrogen-bond acceptors (Lipinski definition) is 2. The summed E-state index contributed by atoms with van der Waals surface area (Å²) in [5.74, 6) is -1.25. The molecule has 0 aliphatic rings. The monoisotopic (exact) mass is 284 g/mol. The van der Waals surface area contributed by atoms with E-state index in [1.165, 1.54) is 12.1 Å². The second kappa shape index (κ2) is 5.22. The van der Waals surface area contributed by atoms with E-state index < -0.39 is 17.7 Å². The predicted octanol–water partition coefficient (Wildman–Crippen LogP) is 3.87.